The van der Waals surface area contributed by atoms with Gasteiger partial charge >= 0.3 is 0 Å². The molecule has 2 saturated heterocycles. The lowest BCUT2D eigenvalue weighted by Gasteiger charge is -2.41. The second-order valence-electron chi connectivity index (χ2n) is 19.0. The normalized spacial score (nSPS) is 18.2. The average Bonchev–Trinajstić information content (AvgIpc) is 3.82. The molecule has 0 bridgehead atoms. The van der Waals surface area contributed by atoms with E-state index in [1.165, 1.54) is 39.9 Å². The minimum absolute atomic E-state index is 0.634. The summed E-state index contributed by atoms with van der Waals surface area (Å²) in [5, 5.41) is 0. The van der Waals surface area contributed by atoms with E-state index >= 15 is 0 Å². The van der Waals surface area contributed by atoms with Crippen LogP contribution >= 0.6 is 0 Å². The van der Waals surface area contributed by atoms with E-state index in [1.54, 1.807) is 0 Å². The first-order valence-corrected chi connectivity index (χ1v) is 24.4. The number of piperazine rings is 2. The first kappa shape index (κ1) is 47.9. The van der Waals surface area contributed by atoms with E-state index in [4.69, 9.17) is 19.9 Å². The quantitative estimate of drug-likeness (QED) is 0.107. The molecule has 0 amide bonds. The van der Waals surface area contributed by atoms with Crippen LogP contribution in [-0.2, 0) is 25.9 Å². The van der Waals surface area contributed by atoms with Gasteiger partial charge in [-0.15, -0.1) is 0 Å². The summed E-state index contributed by atoms with van der Waals surface area (Å²) in [7, 11) is 2.23. The topological polar surface area (TPSA) is 74.4 Å². The lowest BCUT2D eigenvalue weighted by atomic mass is 10.00. The number of rotatable bonds is 14. The molecule has 346 valence electrons. The molecule has 0 saturated carbocycles. The van der Waals surface area contributed by atoms with Crippen molar-refractivity contribution in [3.63, 3.8) is 0 Å². The number of benzene rings is 2. The smallest absolute Gasteiger partial charge is 0.160 e. The Balaban J connectivity index is 0.000000194. The SMILES string of the molecule is CCc1nc2c(C)cc(C)nc2n1Cc1ccc(/C=C/CN2CCN(C)C[C@@H]2C(C)C)cc1.CCc1nc2c(C)cc(C)nc2n1Cc1ccc(/C=C/CN2CCN(CC)C(C)C2)cc1. The van der Waals surface area contributed by atoms with Crippen LogP contribution in [0.2, 0.25) is 0 Å². The van der Waals surface area contributed by atoms with Gasteiger partial charge in [0.1, 0.15) is 22.7 Å². The van der Waals surface area contributed by atoms with E-state index in [0.29, 0.717) is 18.0 Å². The second-order valence-corrected chi connectivity index (χ2v) is 19.0. The minimum atomic E-state index is 0.634. The maximum absolute atomic E-state index is 4.88. The molecule has 10 heteroatoms. The molecule has 2 atom stereocenters. The summed E-state index contributed by atoms with van der Waals surface area (Å²) >= 11 is 0. The molecule has 0 spiro atoms. The number of fused-ring (bicyclic) bond motifs is 2. The molecule has 4 aromatic heterocycles. The summed E-state index contributed by atoms with van der Waals surface area (Å²) in [4.78, 5) is 29.5. The van der Waals surface area contributed by atoms with Gasteiger partial charge in [0.05, 0.1) is 13.1 Å². The van der Waals surface area contributed by atoms with Gasteiger partial charge in [0.15, 0.2) is 11.3 Å². The molecule has 1 unspecified atom stereocenters. The molecular weight excluding hydrogens is 801 g/mol. The van der Waals surface area contributed by atoms with Crippen molar-refractivity contribution in [3.05, 3.63) is 129 Å². The fourth-order valence-corrected chi connectivity index (χ4v) is 9.82. The van der Waals surface area contributed by atoms with E-state index < -0.39 is 0 Å². The fraction of sp³-hybridized carbons (Fsp3) is 0.491. The van der Waals surface area contributed by atoms with Gasteiger partial charge in [-0.2, -0.15) is 0 Å². The number of likely N-dealkylation sites (N-methyl/N-ethyl adjacent to an activating group) is 2. The Bertz CT molecular complexity index is 2540. The number of pyridine rings is 2. The van der Waals surface area contributed by atoms with Crippen molar-refractivity contribution in [2.75, 3.05) is 66.0 Å². The van der Waals surface area contributed by atoms with E-state index in [1.807, 2.05) is 0 Å². The third-order valence-electron chi connectivity index (χ3n) is 13.6. The zero-order valence-electron chi connectivity index (χ0n) is 41.5. The van der Waals surface area contributed by atoms with Crippen LogP contribution in [-0.4, -0.2) is 127 Å². The van der Waals surface area contributed by atoms with Gasteiger partial charge in [-0.05, 0) is 99.6 Å². The number of nitrogens with zero attached hydrogens (tertiary/aromatic N) is 10. The predicted molar refractivity (Wildman–Crippen MR) is 273 cm³/mol. The Labute approximate surface area is 390 Å². The maximum Gasteiger partial charge on any atom is 0.160 e. The molecule has 65 heavy (non-hydrogen) atoms. The van der Waals surface area contributed by atoms with Crippen molar-refractivity contribution < 1.29 is 0 Å². The summed E-state index contributed by atoms with van der Waals surface area (Å²) in [6.45, 7) is 33.7. The van der Waals surface area contributed by atoms with Gasteiger partial charge in [-0.1, -0.05) is 107 Å². The van der Waals surface area contributed by atoms with Crippen LogP contribution in [0, 0.1) is 33.6 Å². The van der Waals surface area contributed by atoms with Crippen LogP contribution in [0.25, 0.3) is 34.5 Å². The average molecular weight is 877 g/mol. The summed E-state index contributed by atoms with van der Waals surface area (Å²) in [6, 6.07) is 23.3. The Kier molecular flexibility index (Phi) is 16.2. The van der Waals surface area contributed by atoms with Crippen molar-refractivity contribution >= 4 is 34.5 Å². The van der Waals surface area contributed by atoms with Gasteiger partial charge in [0, 0.05) is 88.7 Å². The molecule has 8 rings (SSSR count). The standard InChI is InChI=1S/C28H39N5.C27H37N5/c1-7-26-30-27-21(4)17-22(5)29-28(27)33(26)18-24-12-10-23(11-13-24)9-8-14-32-16-15-31(6)19-25(32)20(2)3;1-6-25-29-26-20(3)17-21(4)28-27(26)32(25)19-24-12-10-23(11-13-24)9-8-14-30-15-16-31(7-2)22(5)18-30/h8-13,17,20,25H,7,14-16,18-19H2,1-6H3;8-13,17,22H,6-7,14-16,18-19H2,1-5H3/b2*9-8+/t25-;/m1./s1. The van der Waals surface area contributed by atoms with Crippen molar-refractivity contribution in [2.24, 2.45) is 5.92 Å². The lowest BCUT2D eigenvalue weighted by molar-refractivity contribution is 0.0733. The molecular formula is C55H76N10. The van der Waals surface area contributed by atoms with Crippen LogP contribution in [0.1, 0.15) is 98.0 Å². The first-order valence-electron chi connectivity index (χ1n) is 24.4. The van der Waals surface area contributed by atoms with Crippen molar-refractivity contribution in [2.45, 2.75) is 107 Å². The highest BCUT2D eigenvalue weighted by atomic mass is 15.3. The van der Waals surface area contributed by atoms with Gasteiger partial charge < -0.3 is 14.0 Å². The monoisotopic (exact) mass is 877 g/mol. The second kappa shape index (κ2) is 22.0. The molecule has 10 nitrogen and oxygen atoms in total. The zero-order chi connectivity index (χ0) is 46.2. The molecule has 2 fully saturated rings. The summed E-state index contributed by atoms with van der Waals surface area (Å²) < 4.78 is 4.55. The van der Waals surface area contributed by atoms with Crippen LogP contribution in [0.5, 0.6) is 0 Å². The molecule has 6 aromatic rings. The number of aromatic nitrogens is 6. The Morgan fingerprint density at radius 1 is 0.615 bits per heavy atom. The van der Waals surface area contributed by atoms with Crippen LogP contribution in [0.3, 0.4) is 0 Å². The lowest BCUT2D eigenvalue weighted by Crippen LogP contribution is -2.53. The van der Waals surface area contributed by atoms with Gasteiger partial charge in [0.25, 0.3) is 0 Å². The van der Waals surface area contributed by atoms with E-state index in [0.717, 1.165) is 124 Å². The van der Waals surface area contributed by atoms with Gasteiger partial charge in [0.2, 0.25) is 0 Å². The fourth-order valence-electron chi connectivity index (χ4n) is 9.82. The molecule has 0 aliphatic carbocycles. The Hall–Kier alpha value is -5.00. The summed E-state index contributed by atoms with van der Waals surface area (Å²) in [5.74, 6) is 2.87. The summed E-state index contributed by atoms with van der Waals surface area (Å²) in [6.07, 6.45) is 10.9. The van der Waals surface area contributed by atoms with E-state index in [9.17, 15) is 0 Å². The van der Waals surface area contributed by atoms with E-state index in [-0.39, 0.29) is 0 Å². The highest BCUT2D eigenvalue weighted by molar-refractivity contribution is 5.77. The summed E-state index contributed by atoms with van der Waals surface area (Å²) in [5.41, 5.74) is 13.6. The number of aryl methyl sites for hydroxylation is 6. The number of imidazole rings is 2. The first-order chi connectivity index (χ1) is 31.3. The Morgan fingerprint density at radius 2 is 1.11 bits per heavy atom. The molecule has 0 radical (unpaired) electrons. The molecule has 0 N–H and O–H groups in total. The predicted octanol–water partition coefficient (Wildman–Crippen LogP) is 9.64. The Morgan fingerprint density at radius 3 is 1.57 bits per heavy atom. The van der Waals surface area contributed by atoms with Crippen LogP contribution in [0.4, 0.5) is 0 Å². The molecule has 6 heterocycles. The van der Waals surface area contributed by atoms with Crippen molar-refractivity contribution in [1.29, 1.82) is 0 Å². The number of hydrogen-bond acceptors (Lipinski definition) is 8. The highest BCUT2D eigenvalue weighted by Crippen LogP contribution is 2.24. The van der Waals surface area contributed by atoms with Crippen molar-refractivity contribution in [3.8, 4) is 0 Å². The van der Waals surface area contributed by atoms with Gasteiger partial charge in [-0.25, -0.2) is 19.9 Å². The van der Waals surface area contributed by atoms with Crippen LogP contribution in [0.15, 0.2) is 72.8 Å². The van der Waals surface area contributed by atoms with Gasteiger partial charge in [-0.3, -0.25) is 14.7 Å². The van der Waals surface area contributed by atoms with E-state index in [2.05, 4.69) is 190 Å². The highest BCUT2D eigenvalue weighted by Gasteiger charge is 2.27. The largest absolute Gasteiger partial charge is 0.308 e. The molecule has 2 aromatic carbocycles. The van der Waals surface area contributed by atoms with Crippen LogP contribution < -0.4 is 0 Å². The molecule has 2 aliphatic rings. The number of hydrogen-bond donors (Lipinski definition) is 0. The minimum Gasteiger partial charge on any atom is -0.308 e. The molecule has 2 aliphatic heterocycles. The third kappa shape index (κ3) is 11.9. The maximum atomic E-state index is 4.88. The zero-order valence-corrected chi connectivity index (χ0v) is 41.5. The third-order valence-corrected chi connectivity index (χ3v) is 13.6. The van der Waals surface area contributed by atoms with Crippen molar-refractivity contribution in [1.82, 2.24) is 48.7 Å².